The van der Waals surface area contributed by atoms with Crippen LogP contribution in [0.1, 0.15) is 27.0 Å². The van der Waals surface area contributed by atoms with Crippen LogP contribution in [0.25, 0.3) is 0 Å². The van der Waals surface area contributed by atoms with Crippen LogP contribution < -0.4 is 0 Å². The summed E-state index contributed by atoms with van der Waals surface area (Å²) in [6, 6.07) is 12.6. The topological polar surface area (TPSA) is 17.1 Å². The molecule has 1 unspecified atom stereocenters. The van der Waals surface area contributed by atoms with E-state index in [0.29, 0.717) is 6.42 Å². The Kier molecular flexibility index (Phi) is 2.94. The molecule has 0 fully saturated rings. The molecule has 0 saturated heterocycles. The van der Waals surface area contributed by atoms with Crippen LogP contribution >= 0.6 is 0 Å². The summed E-state index contributed by atoms with van der Waals surface area (Å²) in [7, 11) is 0. The van der Waals surface area contributed by atoms with E-state index in [9.17, 15) is 9.18 Å². The highest BCUT2D eigenvalue weighted by molar-refractivity contribution is 6.02. The molecule has 2 heteroatoms. The molecule has 3 rings (SSSR count). The van der Waals surface area contributed by atoms with Crippen LogP contribution in [-0.4, -0.2) is 5.78 Å². The number of carbonyl (C=O) groups is 1. The summed E-state index contributed by atoms with van der Waals surface area (Å²) in [6.07, 6.45) is 1.49. The minimum atomic E-state index is -0.220. The number of aryl methyl sites for hydroxylation is 1. The fraction of sp³-hybridized carbons (Fsp3) is 0.235. The molecule has 0 spiro atoms. The molecule has 2 aromatic carbocycles. The zero-order valence-electron chi connectivity index (χ0n) is 10.8. The van der Waals surface area contributed by atoms with Crippen LogP contribution in [0.4, 0.5) is 4.39 Å². The van der Waals surface area contributed by atoms with Gasteiger partial charge >= 0.3 is 0 Å². The van der Waals surface area contributed by atoms with Gasteiger partial charge < -0.3 is 0 Å². The van der Waals surface area contributed by atoms with Gasteiger partial charge in [-0.2, -0.15) is 0 Å². The SMILES string of the molecule is Cc1cc(F)ccc1CC1Cc2ccccc2C1=O. The monoisotopic (exact) mass is 254 g/mol. The second kappa shape index (κ2) is 4.61. The van der Waals surface area contributed by atoms with E-state index in [1.54, 1.807) is 6.07 Å². The number of rotatable bonds is 2. The van der Waals surface area contributed by atoms with Crippen molar-refractivity contribution < 1.29 is 9.18 Å². The summed E-state index contributed by atoms with van der Waals surface area (Å²) >= 11 is 0. The molecule has 19 heavy (non-hydrogen) atoms. The van der Waals surface area contributed by atoms with Crippen molar-refractivity contribution in [1.82, 2.24) is 0 Å². The first kappa shape index (κ1) is 12.1. The Bertz CT molecular complexity index is 645. The maximum absolute atomic E-state index is 13.1. The Balaban J connectivity index is 1.85. The van der Waals surface area contributed by atoms with Gasteiger partial charge in [0.15, 0.2) is 5.78 Å². The molecular formula is C17H15FO. The molecule has 0 N–H and O–H groups in total. The van der Waals surface area contributed by atoms with Gasteiger partial charge in [0, 0.05) is 11.5 Å². The molecule has 1 aliphatic carbocycles. The molecule has 1 atom stereocenters. The summed E-state index contributed by atoms with van der Waals surface area (Å²) in [4.78, 5) is 12.3. The maximum Gasteiger partial charge on any atom is 0.166 e. The molecule has 2 aromatic rings. The van der Waals surface area contributed by atoms with Gasteiger partial charge in [-0.05, 0) is 48.6 Å². The van der Waals surface area contributed by atoms with Gasteiger partial charge in [0.05, 0.1) is 0 Å². The fourth-order valence-corrected chi connectivity index (χ4v) is 2.84. The third-order valence-electron chi connectivity index (χ3n) is 3.89. The molecule has 96 valence electrons. The van der Waals surface area contributed by atoms with E-state index in [1.165, 1.54) is 12.1 Å². The Labute approximate surface area is 112 Å². The van der Waals surface area contributed by atoms with Crippen molar-refractivity contribution in [3.63, 3.8) is 0 Å². The molecule has 0 saturated carbocycles. The van der Waals surface area contributed by atoms with E-state index in [1.807, 2.05) is 31.2 Å². The van der Waals surface area contributed by atoms with Crippen LogP contribution in [0.5, 0.6) is 0 Å². The van der Waals surface area contributed by atoms with Crippen LogP contribution in [0.2, 0.25) is 0 Å². The standard InChI is InChI=1S/C17H15FO/c1-11-8-15(18)7-6-12(11)9-14-10-13-4-2-3-5-16(13)17(14)19/h2-8,14H,9-10H2,1H3. The first-order valence-corrected chi connectivity index (χ1v) is 6.52. The first-order chi connectivity index (χ1) is 9.15. The number of hydrogen-bond donors (Lipinski definition) is 0. The minimum Gasteiger partial charge on any atom is -0.294 e. The number of halogens is 1. The van der Waals surface area contributed by atoms with Gasteiger partial charge in [-0.25, -0.2) is 4.39 Å². The normalized spacial score (nSPS) is 17.6. The lowest BCUT2D eigenvalue weighted by molar-refractivity contribution is 0.0936. The van der Waals surface area contributed by atoms with Crippen molar-refractivity contribution in [2.24, 2.45) is 5.92 Å². The van der Waals surface area contributed by atoms with Gasteiger partial charge in [-0.3, -0.25) is 4.79 Å². The molecular weight excluding hydrogens is 239 g/mol. The van der Waals surface area contributed by atoms with E-state index in [4.69, 9.17) is 0 Å². The van der Waals surface area contributed by atoms with Crippen molar-refractivity contribution in [2.75, 3.05) is 0 Å². The van der Waals surface area contributed by atoms with E-state index < -0.39 is 0 Å². The predicted molar refractivity (Wildman–Crippen MR) is 72.8 cm³/mol. The van der Waals surface area contributed by atoms with Gasteiger partial charge in [0.25, 0.3) is 0 Å². The number of ketones is 1. The average Bonchev–Trinajstić information content (AvgIpc) is 2.70. The lowest BCUT2D eigenvalue weighted by atomic mass is 9.93. The van der Waals surface area contributed by atoms with Crippen LogP contribution in [0.15, 0.2) is 42.5 Å². The van der Waals surface area contributed by atoms with E-state index >= 15 is 0 Å². The largest absolute Gasteiger partial charge is 0.294 e. The quantitative estimate of drug-likeness (QED) is 0.798. The lowest BCUT2D eigenvalue weighted by Gasteiger charge is -2.10. The van der Waals surface area contributed by atoms with E-state index in [0.717, 1.165) is 28.7 Å². The summed E-state index contributed by atoms with van der Waals surface area (Å²) in [5, 5.41) is 0. The lowest BCUT2D eigenvalue weighted by Crippen LogP contribution is -2.13. The Morgan fingerprint density at radius 3 is 2.74 bits per heavy atom. The number of Topliss-reactive ketones (excluding diaryl/α,β-unsaturated/α-hetero) is 1. The van der Waals surface area contributed by atoms with Gasteiger partial charge in [-0.1, -0.05) is 30.3 Å². The molecule has 0 bridgehead atoms. The Hall–Kier alpha value is -1.96. The number of hydrogen-bond acceptors (Lipinski definition) is 1. The predicted octanol–water partition coefficient (Wildman–Crippen LogP) is 3.73. The first-order valence-electron chi connectivity index (χ1n) is 6.52. The van der Waals surface area contributed by atoms with Crippen molar-refractivity contribution in [1.29, 1.82) is 0 Å². The van der Waals surface area contributed by atoms with Gasteiger partial charge in [0.1, 0.15) is 5.82 Å². The summed E-state index contributed by atoms with van der Waals surface area (Å²) in [5.41, 5.74) is 3.97. The summed E-state index contributed by atoms with van der Waals surface area (Å²) in [5.74, 6) is 0.00294. The molecule has 0 aromatic heterocycles. The van der Waals surface area contributed by atoms with Crippen LogP contribution in [0.3, 0.4) is 0 Å². The minimum absolute atomic E-state index is 0.00145. The van der Waals surface area contributed by atoms with Crippen molar-refractivity contribution in [3.05, 3.63) is 70.5 Å². The van der Waals surface area contributed by atoms with Crippen LogP contribution in [0, 0.1) is 18.7 Å². The zero-order valence-corrected chi connectivity index (χ0v) is 10.8. The van der Waals surface area contributed by atoms with E-state index in [2.05, 4.69) is 0 Å². The van der Waals surface area contributed by atoms with Gasteiger partial charge in [-0.15, -0.1) is 0 Å². The van der Waals surface area contributed by atoms with Crippen LogP contribution in [-0.2, 0) is 12.8 Å². The van der Waals surface area contributed by atoms with E-state index in [-0.39, 0.29) is 17.5 Å². The summed E-state index contributed by atoms with van der Waals surface area (Å²) < 4.78 is 13.1. The molecule has 0 aliphatic heterocycles. The Morgan fingerprint density at radius 1 is 1.21 bits per heavy atom. The average molecular weight is 254 g/mol. The Morgan fingerprint density at radius 2 is 2.00 bits per heavy atom. The molecule has 1 aliphatic rings. The zero-order chi connectivity index (χ0) is 13.4. The second-order valence-electron chi connectivity index (χ2n) is 5.20. The maximum atomic E-state index is 13.1. The molecule has 0 radical (unpaired) electrons. The molecule has 0 amide bonds. The van der Waals surface area contributed by atoms with Crippen molar-refractivity contribution >= 4 is 5.78 Å². The van der Waals surface area contributed by atoms with Crippen molar-refractivity contribution in [3.8, 4) is 0 Å². The smallest absolute Gasteiger partial charge is 0.166 e. The van der Waals surface area contributed by atoms with Crippen molar-refractivity contribution in [2.45, 2.75) is 19.8 Å². The number of carbonyl (C=O) groups excluding carboxylic acids is 1. The highest BCUT2D eigenvalue weighted by Crippen LogP contribution is 2.29. The molecule has 0 heterocycles. The highest BCUT2D eigenvalue weighted by Gasteiger charge is 2.30. The third-order valence-corrected chi connectivity index (χ3v) is 3.89. The highest BCUT2D eigenvalue weighted by atomic mass is 19.1. The van der Waals surface area contributed by atoms with Gasteiger partial charge in [0.2, 0.25) is 0 Å². The molecule has 1 nitrogen and oxygen atoms in total. The second-order valence-corrected chi connectivity index (χ2v) is 5.20. The third kappa shape index (κ3) is 2.19. The summed E-state index contributed by atoms with van der Waals surface area (Å²) in [6.45, 7) is 1.89. The number of fused-ring (bicyclic) bond motifs is 1. The number of benzene rings is 2. The fourth-order valence-electron chi connectivity index (χ4n) is 2.84.